The van der Waals surface area contributed by atoms with Crippen molar-refractivity contribution in [1.82, 2.24) is 15.2 Å². The summed E-state index contributed by atoms with van der Waals surface area (Å²) in [7, 11) is 3.39. The summed E-state index contributed by atoms with van der Waals surface area (Å²) in [5, 5.41) is 2.80. The normalized spacial score (nSPS) is 10.5. The van der Waals surface area contributed by atoms with E-state index in [-0.39, 0.29) is 29.7 Å². The first kappa shape index (κ1) is 19.8. The van der Waals surface area contributed by atoms with Gasteiger partial charge in [-0.2, -0.15) is 0 Å². The van der Waals surface area contributed by atoms with Gasteiger partial charge in [0.25, 0.3) is 11.5 Å². The number of nitrogens with one attached hydrogen (secondary N) is 2. The fraction of sp³-hybridized carbons (Fsp3) is 0.316. The zero-order valence-corrected chi connectivity index (χ0v) is 16.2. The Labute approximate surface area is 157 Å². The van der Waals surface area contributed by atoms with Crippen LogP contribution in [0.3, 0.4) is 0 Å². The molecule has 0 atom stereocenters. The average molecular weight is 373 g/mol. The van der Waals surface area contributed by atoms with E-state index >= 15 is 0 Å². The van der Waals surface area contributed by atoms with Crippen molar-refractivity contribution in [3.63, 3.8) is 0 Å². The molecular formula is C19H23N3O3S. The fourth-order valence-corrected chi connectivity index (χ4v) is 3.44. The molecule has 2 rings (SSSR count). The van der Waals surface area contributed by atoms with E-state index in [1.807, 2.05) is 32.0 Å². The highest BCUT2D eigenvalue weighted by molar-refractivity contribution is 8.00. The Kier molecular flexibility index (Phi) is 6.63. The van der Waals surface area contributed by atoms with Crippen molar-refractivity contribution in [3.05, 3.63) is 63.1 Å². The molecule has 2 aromatic rings. The third-order valence-corrected chi connectivity index (χ3v) is 4.96. The number of carbonyl (C=O) groups is 2. The predicted molar refractivity (Wildman–Crippen MR) is 104 cm³/mol. The Morgan fingerprint density at radius 2 is 1.88 bits per heavy atom. The maximum absolute atomic E-state index is 12.6. The zero-order valence-electron chi connectivity index (χ0n) is 15.4. The smallest absolute Gasteiger partial charge is 0.253 e. The minimum atomic E-state index is -0.273. The minimum Gasteiger partial charge on any atom is -0.348 e. The van der Waals surface area contributed by atoms with E-state index in [9.17, 15) is 14.4 Å². The highest BCUT2D eigenvalue weighted by Gasteiger charge is 2.14. The van der Waals surface area contributed by atoms with Crippen LogP contribution in [0.25, 0.3) is 0 Å². The first-order chi connectivity index (χ1) is 12.3. The number of aromatic amines is 1. The minimum absolute atomic E-state index is 0.0213. The monoisotopic (exact) mass is 373 g/mol. The largest absolute Gasteiger partial charge is 0.348 e. The molecule has 0 unspecified atom stereocenters. The second-order valence-corrected chi connectivity index (χ2v) is 7.22. The van der Waals surface area contributed by atoms with Crippen LogP contribution >= 0.6 is 11.8 Å². The van der Waals surface area contributed by atoms with E-state index in [0.717, 1.165) is 16.2 Å². The number of aromatic nitrogens is 1. The molecule has 2 N–H and O–H groups in total. The lowest BCUT2D eigenvalue weighted by Gasteiger charge is -2.12. The zero-order chi connectivity index (χ0) is 19.3. The number of pyridine rings is 1. The Morgan fingerprint density at radius 1 is 1.19 bits per heavy atom. The number of aryl methyl sites for hydroxylation is 2. The van der Waals surface area contributed by atoms with E-state index in [4.69, 9.17) is 0 Å². The second kappa shape index (κ2) is 8.71. The van der Waals surface area contributed by atoms with Gasteiger partial charge in [-0.1, -0.05) is 12.1 Å². The van der Waals surface area contributed by atoms with Crippen LogP contribution in [0.2, 0.25) is 0 Å². The van der Waals surface area contributed by atoms with Crippen LogP contribution in [0, 0.1) is 13.8 Å². The standard InChI is InChI=1S/C19H23N3O3S/c1-12-9-13(2)21-19(25)15(12)10-20-18(24)14-7-5-6-8-16(14)26-11-17(23)22(3)4/h5-9H,10-11H2,1-4H3,(H,20,24)(H,21,25). The van der Waals surface area contributed by atoms with Gasteiger partial charge in [0.1, 0.15) is 0 Å². The molecule has 0 spiro atoms. The molecule has 138 valence electrons. The summed E-state index contributed by atoms with van der Waals surface area (Å²) in [5.41, 5.74) is 2.46. The summed E-state index contributed by atoms with van der Waals surface area (Å²) >= 11 is 1.32. The topological polar surface area (TPSA) is 82.3 Å². The first-order valence-electron chi connectivity index (χ1n) is 8.19. The molecule has 1 aromatic heterocycles. The quantitative estimate of drug-likeness (QED) is 0.760. The number of H-pyrrole nitrogens is 1. The lowest BCUT2D eigenvalue weighted by Crippen LogP contribution is -2.28. The maximum Gasteiger partial charge on any atom is 0.253 e. The predicted octanol–water partition coefficient (Wildman–Crippen LogP) is 2.10. The highest BCUT2D eigenvalue weighted by atomic mass is 32.2. The van der Waals surface area contributed by atoms with Gasteiger partial charge in [-0.25, -0.2) is 0 Å². The van der Waals surface area contributed by atoms with Gasteiger partial charge in [-0.3, -0.25) is 14.4 Å². The van der Waals surface area contributed by atoms with Crippen molar-refractivity contribution in [2.45, 2.75) is 25.3 Å². The average Bonchev–Trinajstić information content (AvgIpc) is 2.58. The van der Waals surface area contributed by atoms with Crippen molar-refractivity contribution in [2.24, 2.45) is 0 Å². The van der Waals surface area contributed by atoms with Crippen LogP contribution in [0.5, 0.6) is 0 Å². The van der Waals surface area contributed by atoms with Gasteiger partial charge in [0.2, 0.25) is 5.91 Å². The van der Waals surface area contributed by atoms with Gasteiger partial charge in [0.05, 0.1) is 11.3 Å². The van der Waals surface area contributed by atoms with Crippen molar-refractivity contribution < 1.29 is 9.59 Å². The van der Waals surface area contributed by atoms with Gasteiger partial charge < -0.3 is 15.2 Å². The molecule has 1 heterocycles. The van der Waals surface area contributed by atoms with E-state index in [1.54, 1.807) is 26.2 Å². The highest BCUT2D eigenvalue weighted by Crippen LogP contribution is 2.23. The molecule has 0 bridgehead atoms. The van der Waals surface area contributed by atoms with Gasteiger partial charge in [0, 0.05) is 36.8 Å². The van der Waals surface area contributed by atoms with Crippen LogP contribution < -0.4 is 10.9 Å². The summed E-state index contributed by atoms with van der Waals surface area (Å²) < 4.78 is 0. The molecule has 6 nitrogen and oxygen atoms in total. The molecular weight excluding hydrogens is 350 g/mol. The van der Waals surface area contributed by atoms with Gasteiger partial charge in [0.15, 0.2) is 0 Å². The number of carbonyl (C=O) groups excluding carboxylic acids is 2. The molecule has 0 saturated heterocycles. The van der Waals surface area contributed by atoms with E-state index < -0.39 is 0 Å². The van der Waals surface area contributed by atoms with Crippen LogP contribution in [0.1, 0.15) is 27.2 Å². The Morgan fingerprint density at radius 3 is 2.54 bits per heavy atom. The molecule has 7 heteroatoms. The summed E-state index contributed by atoms with van der Waals surface area (Å²) in [6, 6.07) is 9.00. The summed E-state index contributed by atoms with van der Waals surface area (Å²) in [6.07, 6.45) is 0. The Balaban J connectivity index is 2.11. The first-order valence-corrected chi connectivity index (χ1v) is 9.17. The number of nitrogens with zero attached hydrogens (tertiary/aromatic N) is 1. The van der Waals surface area contributed by atoms with Crippen LogP contribution in [-0.4, -0.2) is 41.5 Å². The number of benzene rings is 1. The number of hydrogen-bond acceptors (Lipinski definition) is 4. The lowest BCUT2D eigenvalue weighted by atomic mass is 10.1. The summed E-state index contributed by atoms with van der Waals surface area (Å²) in [6.45, 7) is 3.82. The van der Waals surface area contributed by atoms with Crippen molar-refractivity contribution >= 4 is 23.6 Å². The van der Waals surface area contributed by atoms with Gasteiger partial charge in [-0.05, 0) is 37.6 Å². The molecule has 0 radical (unpaired) electrons. The van der Waals surface area contributed by atoms with Crippen LogP contribution in [0.15, 0.2) is 40.0 Å². The molecule has 0 saturated carbocycles. The van der Waals surface area contributed by atoms with Crippen molar-refractivity contribution in [1.29, 1.82) is 0 Å². The molecule has 2 amide bonds. The molecule has 0 aliphatic heterocycles. The second-order valence-electron chi connectivity index (χ2n) is 6.20. The third kappa shape index (κ3) is 4.98. The van der Waals surface area contributed by atoms with Gasteiger partial charge in [-0.15, -0.1) is 11.8 Å². The molecule has 0 fully saturated rings. The summed E-state index contributed by atoms with van der Waals surface area (Å²) in [4.78, 5) is 41.4. The Hall–Kier alpha value is -2.54. The molecule has 1 aromatic carbocycles. The number of rotatable bonds is 6. The van der Waals surface area contributed by atoms with E-state index in [0.29, 0.717) is 11.1 Å². The van der Waals surface area contributed by atoms with Crippen LogP contribution in [0.4, 0.5) is 0 Å². The number of thioether (sulfide) groups is 1. The number of hydrogen-bond donors (Lipinski definition) is 2. The fourth-order valence-electron chi connectivity index (χ4n) is 2.41. The van der Waals surface area contributed by atoms with E-state index in [1.165, 1.54) is 16.7 Å². The molecule has 0 aliphatic rings. The van der Waals surface area contributed by atoms with Crippen molar-refractivity contribution in [3.8, 4) is 0 Å². The molecule has 0 aliphatic carbocycles. The molecule has 26 heavy (non-hydrogen) atoms. The van der Waals surface area contributed by atoms with Gasteiger partial charge >= 0.3 is 0 Å². The SMILES string of the molecule is Cc1cc(C)c(CNC(=O)c2ccccc2SCC(=O)N(C)C)c(=O)[nH]1. The lowest BCUT2D eigenvalue weighted by molar-refractivity contribution is -0.125. The summed E-state index contributed by atoms with van der Waals surface area (Å²) in [5.74, 6) is -0.0367. The van der Waals surface area contributed by atoms with E-state index in [2.05, 4.69) is 10.3 Å². The maximum atomic E-state index is 12.6. The third-order valence-electron chi connectivity index (χ3n) is 3.90. The Bertz CT molecular complexity index is 875. The number of amides is 2. The van der Waals surface area contributed by atoms with Crippen LogP contribution in [-0.2, 0) is 11.3 Å². The van der Waals surface area contributed by atoms with Crippen molar-refractivity contribution in [2.75, 3.05) is 19.8 Å².